The van der Waals surface area contributed by atoms with Gasteiger partial charge in [0.1, 0.15) is 0 Å². The third-order valence-corrected chi connectivity index (χ3v) is 2.08. The van der Waals surface area contributed by atoms with Gasteiger partial charge in [-0.1, -0.05) is 19.8 Å². The molecule has 0 unspecified atom stereocenters. The first-order chi connectivity index (χ1) is 8.04. The van der Waals surface area contributed by atoms with Crippen LogP contribution in [0.4, 0.5) is 22.0 Å². The molecule has 0 radical (unpaired) electrons. The lowest BCUT2D eigenvalue weighted by molar-refractivity contribution is -0.309. The molecule has 0 aromatic heterocycles. The largest absolute Gasteiger partial charge is 0.548 e. The van der Waals surface area contributed by atoms with Crippen LogP contribution in [0.2, 0.25) is 0 Å². The van der Waals surface area contributed by atoms with Gasteiger partial charge in [0.05, 0.1) is 12.0 Å². The zero-order valence-corrected chi connectivity index (χ0v) is 9.31. The molecule has 0 aliphatic carbocycles. The summed E-state index contributed by atoms with van der Waals surface area (Å²) in [5.41, 5.74) is 0. The quantitative estimate of drug-likeness (QED) is 0.723. The smallest absolute Gasteiger partial charge is 0.463 e. The van der Waals surface area contributed by atoms with Gasteiger partial charge < -0.3 is 15.2 Å². The summed E-state index contributed by atoms with van der Waals surface area (Å²) in [4.78, 5) is 21.2. The van der Waals surface area contributed by atoms with Crippen LogP contribution in [0.15, 0.2) is 0 Å². The molecule has 9 heteroatoms. The maximum atomic E-state index is 12.5. The van der Waals surface area contributed by atoms with Crippen molar-refractivity contribution in [3.8, 4) is 0 Å². The van der Waals surface area contributed by atoms with Crippen LogP contribution in [0.25, 0.3) is 0 Å². The summed E-state index contributed by atoms with van der Waals surface area (Å²) in [5.74, 6) is -10.2. The molecule has 0 spiro atoms. The number of carboxylic acid groups (broad SMARTS) is 1. The Morgan fingerprint density at radius 2 is 1.72 bits per heavy atom. The number of rotatable bonds is 6. The van der Waals surface area contributed by atoms with Gasteiger partial charge >= 0.3 is 18.0 Å². The molecule has 0 aromatic rings. The minimum atomic E-state index is -6.07. The number of aliphatic carboxylic acids is 1. The second-order valence-electron chi connectivity index (χ2n) is 3.56. The Morgan fingerprint density at radius 1 is 1.22 bits per heavy atom. The van der Waals surface area contributed by atoms with Gasteiger partial charge in [-0.15, -0.1) is 0 Å². The number of carbonyl (C=O) groups excluding carboxylic acids is 2. The number of carboxylic acids is 1. The van der Waals surface area contributed by atoms with Crippen molar-refractivity contribution in [3.63, 3.8) is 0 Å². The summed E-state index contributed by atoms with van der Waals surface area (Å²) in [6.07, 6.45) is -5.64. The van der Waals surface area contributed by atoms with Crippen LogP contribution < -0.4 is 10.4 Å². The Kier molecular flexibility index (Phi) is 5.50. The van der Waals surface area contributed by atoms with Crippen molar-refractivity contribution in [1.29, 1.82) is 0 Å². The molecule has 0 heterocycles. The maximum Gasteiger partial charge on any atom is 0.463 e. The van der Waals surface area contributed by atoms with Crippen molar-refractivity contribution >= 4 is 11.9 Å². The standard InChI is InChI=1S/C9H12F5NO3/c1-2-3-4-5(6(16)17)15-7(18)8(10,11)9(12,13)14/h5H,2-4H2,1H3,(H,15,18)(H,16,17)/p-1/t5-/m0/s1. The number of hydrogen-bond acceptors (Lipinski definition) is 3. The molecule has 1 atom stereocenters. The van der Waals surface area contributed by atoms with Gasteiger partial charge in [-0.05, 0) is 6.42 Å². The monoisotopic (exact) mass is 276 g/mol. The van der Waals surface area contributed by atoms with E-state index in [1.54, 1.807) is 6.92 Å². The summed E-state index contributed by atoms with van der Waals surface area (Å²) in [6, 6.07) is -1.87. The van der Waals surface area contributed by atoms with Gasteiger partial charge in [0.15, 0.2) is 0 Å². The first-order valence-corrected chi connectivity index (χ1v) is 5.00. The van der Waals surface area contributed by atoms with Crippen LogP contribution in [0.3, 0.4) is 0 Å². The minimum absolute atomic E-state index is 0.233. The zero-order valence-electron chi connectivity index (χ0n) is 9.31. The topological polar surface area (TPSA) is 69.2 Å². The highest BCUT2D eigenvalue weighted by atomic mass is 19.4. The van der Waals surface area contributed by atoms with E-state index in [-0.39, 0.29) is 12.8 Å². The molecule has 0 saturated heterocycles. The van der Waals surface area contributed by atoms with E-state index in [1.165, 1.54) is 0 Å². The fraction of sp³-hybridized carbons (Fsp3) is 0.778. The molecular weight excluding hydrogens is 265 g/mol. The minimum Gasteiger partial charge on any atom is -0.548 e. The predicted molar refractivity (Wildman–Crippen MR) is 47.5 cm³/mol. The van der Waals surface area contributed by atoms with Gasteiger partial charge in [-0.3, -0.25) is 4.79 Å². The Morgan fingerprint density at radius 3 is 2.06 bits per heavy atom. The highest BCUT2D eigenvalue weighted by Crippen LogP contribution is 2.35. The van der Waals surface area contributed by atoms with Crippen molar-refractivity contribution in [2.75, 3.05) is 0 Å². The molecular formula is C9H11F5NO3-. The van der Waals surface area contributed by atoms with Crippen LogP contribution in [0.5, 0.6) is 0 Å². The number of halogens is 5. The average molecular weight is 276 g/mol. The summed E-state index contributed by atoms with van der Waals surface area (Å²) in [5, 5.41) is 11.6. The van der Waals surface area contributed by atoms with Crippen molar-refractivity contribution in [2.24, 2.45) is 0 Å². The summed E-state index contributed by atoms with van der Waals surface area (Å²) in [6.45, 7) is 1.65. The van der Waals surface area contributed by atoms with Crippen molar-refractivity contribution in [3.05, 3.63) is 0 Å². The van der Waals surface area contributed by atoms with E-state index in [1.807, 2.05) is 0 Å². The number of hydrogen-bond donors (Lipinski definition) is 1. The van der Waals surface area contributed by atoms with E-state index in [0.29, 0.717) is 6.42 Å². The van der Waals surface area contributed by atoms with E-state index in [0.717, 1.165) is 5.32 Å². The van der Waals surface area contributed by atoms with E-state index in [9.17, 15) is 36.6 Å². The fourth-order valence-electron chi connectivity index (χ4n) is 1.03. The lowest BCUT2D eigenvalue weighted by Gasteiger charge is -2.24. The molecule has 0 fully saturated rings. The van der Waals surface area contributed by atoms with E-state index in [2.05, 4.69) is 0 Å². The molecule has 18 heavy (non-hydrogen) atoms. The lowest BCUT2D eigenvalue weighted by Crippen LogP contribution is -2.56. The van der Waals surface area contributed by atoms with Gasteiger partial charge in [0, 0.05) is 0 Å². The molecule has 0 saturated carbocycles. The third kappa shape index (κ3) is 4.11. The third-order valence-electron chi connectivity index (χ3n) is 2.08. The first kappa shape index (κ1) is 16.6. The fourth-order valence-corrected chi connectivity index (χ4v) is 1.03. The zero-order chi connectivity index (χ0) is 14.6. The van der Waals surface area contributed by atoms with Crippen LogP contribution in [-0.4, -0.2) is 30.0 Å². The number of unbranched alkanes of at least 4 members (excludes halogenated alkanes) is 1. The van der Waals surface area contributed by atoms with Crippen LogP contribution in [-0.2, 0) is 9.59 Å². The van der Waals surface area contributed by atoms with Gasteiger partial charge in [0.25, 0.3) is 0 Å². The Labute approximate surface area is 99.2 Å². The molecule has 106 valence electrons. The van der Waals surface area contributed by atoms with E-state index in [4.69, 9.17) is 0 Å². The normalized spacial score (nSPS) is 14.1. The average Bonchev–Trinajstić information content (AvgIpc) is 2.21. The molecule has 4 nitrogen and oxygen atoms in total. The second kappa shape index (κ2) is 5.96. The highest BCUT2D eigenvalue weighted by Gasteiger charge is 2.63. The predicted octanol–water partition coefficient (Wildman–Crippen LogP) is 0.609. The summed E-state index contributed by atoms with van der Waals surface area (Å²) >= 11 is 0. The molecule has 0 bridgehead atoms. The molecule has 0 rings (SSSR count). The van der Waals surface area contributed by atoms with Crippen LogP contribution in [0, 0.1) is 0 Å². The molecule has 0 aromatic carbocycles. The SMILES string of the molecule is CCCC[C@H](NC(=O)C(F)(F)C(F)(F)F)C(=O)[O-]. The van der Waals surface area contributed by atoms with Gasteiger partial charge in [-0.2, -0.15) is 22.0 Å². The Balaban J connectivity index is 4.75. The van der Waals surface area contributed by atoms with Gasteiger partial charge in [-0.25, -0.2) is 0 Å². The van der Waals surface area contributed by atoms with Crippen molar-refractivity contribution in [1.82, 2.24) is 5.32 Å². The lowest BCUT2D eigenvalue weighted by atomic mass is 10.1. The van der Waals surface area contributed by atoms with Crippen molar-refractivity contribution in [2.45, 2.75) is 44.3 Å². The van der Waals surface area contributed by atoms with Crippen LogP contribution in [0.1, 0.15) is 26.2 Å². The van der Waals surface area contributed by atoms with Crippen LogP contribution >= 0.6 is 0 Å². The number of alkyl halides is 5. The first-order valence-electron chi connectivity index (χ1n) is 5.00. The molecule has 0 aliphatic rings. The number of amides is 1. The van der Waals surface area contributed by atoms with E-state index < -0.39 is 30.0 Å². The van der Waals surface area contributed by atoms with Crippen molar-refractivity contribution < 1.29 is 36.6 Å². The summed E-state index contributed by atoms with van der Waals surface area (Å²) < 4.78 is 60.5. The number of nitrogens with one attached hydrogen (secondary N) is 1. The molecule has 0 aliphatic heterocycles. The molecule has 1 N–H and O–H groups in total. The maximum absolute atomic E-state index is 12.5. The Bertz CT molecular complexity index is 316. The highest BCUT2D eigenvalue weighted by molar-refractivity contribution is 5.88. The Hall–Kier alpha value is -1.41. The number of carbonyl (C=O) groups is 2. The van der Waals surface area contributed by atoms with Gasteiger partial charge in [0.2, 0.25) is 0 Å². The second-order valence-corrected chi connectivity index (χ2v) is 3.56. The molecule has 1 amide bonds. The summed E-state index contributed by atoms with van der Waals surface area (Å²) in [7, 11) is 0. The van der Waals surface area contributed by atoms with E-state index >= 15 is 0 Å².